The van der Waals surface area contributed by atoms with Gasteiger partial charge in [0.1, 0.15) is 0 Å². The Bertz CT molecular complexity index is 585. The van der Waals surface area contributed by atoms with E-state index in [1.807, 2.05) is 6.92 Å². The average Bonchev–Trinajstić information content (AvgIpc) is 2.36. The van der Waals surface area contributed by atoms with E-state index in [9.17, 15) is 8.42 Å². The molecule has 0 spiro atoms. The zero-order valence-electron chi connectivity index (χ0n) is 12.1. The second-order valence-corrected chi connectivity index (χ2v) is 7.20. The molecule has 0 aliphatic carbocycles. The molecule has 1 N–H and O–H groups in total. The van der Waals surface area contributed by atoms with Gasteiger partial charge in [-0.3, -0.25) is 0 Å². The number of halogens is 1. The Labute approximate surface area is 126 Å². The summed E-state index contributed by atoms with van der Waals surface area (Å²) in [4.78, 5) is 0.249. The first-order valence-electron chi connectivity index (χ1n) is 6.39. The molecule has 1 aromatic carbocycles. The Morgan fingerprint density at radius 3 is 2.65 bits per heavy atom. The van der Waals surface area contributed by atoms with Crippen molar-refractivity contribution in [2.45, 2.75) is 25.3 Å². The lowest BCUT2D eigenvalue weighted by molar-refractivity contribution is 0.493. The summed E-state index contributed by atoms with van der Waals surface area (Å²) in [6.45, 7) is 9.15. The van der Waals surface area contributed by atoms with Crippen LogP contribution in [0.15, 0.2) is 35.2 Å². The van der Waals surface area contributed by atoms with Gasteiger partial charge in [-0.05, 0) is 37.2 Å². The summed E-state index contributed by atoms with van der Waals surface area (Å²) in [6, 6.07) is 4.77. The van der Waals surface area contributed by atoms with Gasteiger partial charge in [-0.15, -0.1) is 0 Å². The molecule has 0 aromatic heterocycles. The lowest BCUT2D eigenvalue weighted by Crippen LogP contribution is -2.28. The molecule has 0 saturated carbocycles. The van der Waals surface area contributed by atoms with Crippen LogP contribution < -0.4 is 5.32 Å². The SMILES string of the molecule is C=C(C)CN(C)S(=O)(=O)c1ccc(Cl)c(CNCC)c1. The van der Waals surface area contributed by atoms with Crippen LogP contribution in [-0.4, -0.2) is 32.9 Å². The highest BCUT2D eigenvalue weighted by Crippen LogP contribution is 2.22. The number of rotatable bonds is 7. The van der Waals surface area contributed by atoms with Crippen LogP contribution in [-0.2, 0) is 16.6 Å². The summed E-state index contributed by atoms with van der Waals surface area (Å²) in [7, 11) is -1.97. The quantitative estimate of drug-likeness (QED) is 0.787. The number of hydrogen-bond acceptors (Lipinski definition) is 3. The molecule has 0 bridgehead atoms. The van der Waals surface area contributed by atoms with Gasteiger partial charge in [0, 0.05) is 25.2 Å². The van der Waals surface area contributed by atoms with Gasteiger partial charge in [-0.25, -0.2) is 8.42 Å². The number of nitrogens with one attached hydrogen (secondary N) is 1. The summed E-state index contributed by atoms with van der Waals surface area (Å²) < 4.78 is 26.1. The van der Waals surface area contributed by atoms with Crippen LogP contribution in [0.25, 0.3) is 0 Å². The van der Waals surface area contributed by atoms with Crippen LogP contribution in [0.2, 0.25) is 5.02 Å². The van der Waals surface area contributed by atoms with Crippen molar-refractivity contribution in [3.63, 3.8) is 0 Å². The fourth-order valence-electron chi connectivity index (χ4n) is 1.75. The van der Waals surface area contributed by atoms with E-state index in [-0.39, 0.29) is 4.90 Å². The van der Waals surface area contributed by atoms with Crippen molar-refractivity contribution in [2.24, 2.45) is 0 Å². The maximum absolute atomic E-state index is 12.4. The Hall–Kier alpha value is -0.880. The van der Waals surface area contributed by atoms with Crippen LogP contribution in [0.4, 0.5) is 0 Å². The number of likely N-dealkylation sites (N-methyl/N-ethyl adjacent to an activating group) is 1. The second kappa shape index (κ2) is 7.22. The van der Waals surface area contributed by atoms with Gasteiger partial charge in [-0.1, -0.05) is 30.7 Å². The molecule has 0 amide bonds. The maximum Gasteiger partial charge on any atom is 0.243 e. The lowest BCUT2D eigenvalue weighted by Gasteiger charge is -2.18. The highest BCUT2D eigenvalue weighted by molar-refractivity contribution is 7.89. The molecule has 0 aliphatic rings. The molecular weight excluding hydrogens is 296 g/mol. The Morgan fingerprint density at radius 2 is 2.10 bits per heavy atom. The van der Waals surface area contributed by atoms with E-state index in [0.717, 1.165) is 17.7 Å². The van der Waals surface area contributed by atoms with E-state index < -0.39 is 10.0 Å². The fraction of sp³-hybridized carbons (Fsp3) is 0.429. The molecule has 112 valence electrons. The third-order valence-electron chi connectivity index (χ3n) is 2.78. The minimum absolute atomic E-state index is 0.249. The first-order valence-corrected chi connectivity index (χ1v) is 8.20. The molecule has 1 rings (SSSR count). The van der Waals surface area contributed by atoms with Gasteiger partial charge in [0.05, 0.1) is 4.90 Å². The molecule has 20 heavy (non-hydrogen) atoms. The smallest absolute Gasteiger partial charge is 0.243 e. The number of nitrogens with zero attached hydrogens (tertiary/aromatic N) is 1. The minimum atomic E-state index is -3.51. The van der Waals surface area contributed by atoms with Crippen molar-refractivity contribution < 1.29 is 8.42 Å². The molecule has 0 radical (unpaired) electrons. The minimum Gasteiger partial charge on any atom is -0.313 e. The topological polar surface area (TPSA) is 49.4 Å². The van der Waals surface area contributed by atoms with Crippen LogP contribution in [0.1, 0.15) is 19.4 Å². The number of hydrogen-bond donors (Lipinski definition) is 1. The summed E-state index contributed by atoms with van der Waals surface area (Å²) in [5.74, 6) is 0. The van der Waals surface area contributed by atoms with Crippen LogP contribution in [0, 0.1) is 0 Å². The molecule has 0 saturated heterocycles. The van der Waals surface area contributed by atoms with E-state index in [0.29, 0.717) is 18.1 Å². The second-order valence-electron chi connectivity index (χ2n) is 4.75. The van der Waals surface area contributed by atoms with Gasteiger partial charge in [0.2, 0.25) is 10.0 Å². The molecule has 0 atom stereocenters. The first-order chi connectivity index (χ1) is 9.28. The predicted octanol–water partition coefficient (Wildman–Crippen LogP) is 2.65. The van der Waals surface area contributed by atoms with Crippen LogP contribution in [0.5, 0.6) is 0 Å². The zero-order chi connectivity index (χ0) is 15.3. The Morgan fingerprint density at radius 1 is 1.45 bits per heavy atom. The molecule has 4 nitrogen and oxygen atoms in total. The average molecular weight is 317 g/mol. The Balaban J connectivity index is 3.09. The van der Waals surface area contributed by atoms with Crippen molar-refractivity contribution in [1.82, 2.24) is 9.62 Å². The highest BCUT2D eigenvalue weighted by Gasteiger charge is 2.21. The van der Waals surface area contributed by atoms with E-state index in [4.69, 9.17) is 11.6 Å². The molecule has 1 aromatic rings. The van der Waals surface area contributed by atoms with Gasteiger partial charge in [0.25, 0.3) is 0 Å². The molecule has 0 unspecified atom stereocenters. The van der Waals surface area contributed by atoms with Gasteiger partial charge >= 0.3 is 0 Å². The molecule has 0 heterocycles. The van der Waals surface area contributed by atoms with Crippen molar-refractivity contribution in [1.29, 1.82) is 0 Å². The van der Waals surface area contributed by atoms with E-state index in [2.05, 4.69) is 11.9 Å². The monoisotopic (exact) mass is 316 g/mol. The molecule has 0 fully saturated rings. The van der Waals surface area contributed by atoms with Crippen LogP contribution in [0.3, 0.4) is 0 Å². The van der Waals surface area contributed by atoms with E-state index in [1.54, 1.807) is 26.1 Å². The zero-order valence-corrected chi connectivity index (χ0v) is 13.7. The largest absolute Gasteiger partial charge is 0.313 e. The van der Waals surface area contributed by atoms with E-state index >= 15 is 0 Å². The lowest BCUT2D eigenvalue weighted by atomic mass is 10.2. The Kier molecular flexibility index (Phi) is 6.20. The molecular formula is C14H21ClN2O2S. The maximum atomic E-state index is 12.4. The number of benzene rings is 1. The highest BCUT2D eigenvalue weighted by atomic mass is 35.5. The van der Waals surface area contributed by atoms with Gasteiger partial charge in [-0.2, -0.15) is 4.31 Å². The predicted molar refractivity (Wildman–Crippen MR) is 83.5 cm³/mol. The van der Waals surface area contributed by atoms with Gasteiger partial charge < -0.3 is 5.32 Å². The van der Waals surface area contributed by atoms with Crippen molar-refractivity contribution >= 4 is 21.6 Å². The normalized spacial score (nSPS) is 11.8. The summed E-state index contributed by atoms with van der Waals surface area (Å²) in [5.41, 5.74) is 1.57. The van der Waals surface area contributed by atoms with Gasteiger partial charge in [0.15, 0.2) is 0 Å². The first kappa shape index (κ1) is 17.2. The summed E-state index contributed by atoms with van der Waals surface area (Å²) in [6.07, 6.45) is 0. The summed E-state index contributed by atoms with van der Waals surface area (Å²) >= 11 is 6.08. The number of sulfonamides is 1. The van der Waals surface area contributed by atoms with Crippen molar-refractivity contribution in [3.8, 4) is 0 Å². The third kappa shape index (κ3) is 4.31. The fourth-order valence-corrected chi connectivity index (χ4v) is 3.22. The molecule has 0 aliphatic heterocycles. The standard InChI is InChI=1S/C14H21ClN2O2S/c1-5-16-9-12-8-13(6-7-14(12)15)20(18,19)17(4)10-11(2)3/h6-8,16H,2,5,9-10H2,1,3-4H3. The van der Waals surface area contributed by atoms with E-state index in [1.165, 1.54) is 10.4 Å². The molecule has 6 heteroatoms. The van der Waals surface area contributed by atoms with Crippen molar-refractivity contribution in [3.05, 3.63) is 40.9 Å². The van der Waals surface area contributed by atoms with Crippen LogP contribution >= 0.6 is 11.6 Å². The van der Waals surface area contributed by atoms with Crippen molar-refractivity contribution in [2.75, 3.05) is 20.1 Å². The third-order valence-corrected chi connectivity index (χ3v) is 4.95. The summed E-state index contributed by atoms with van der Waals surface area (Å²) in [5, 5.41) is 3.70.